The second kappa shape index (κ2) is 7.18. The van der Waals surface area contributed by atoms with Crippen LogP contribution in [-0.4, -0.2) is 28.0 Å². The van der Waals surface area contributed by atoms with Crippen molar-refractivity contribution in [2.24, 2.45) is 12.1 Å². The van der Waals surface area contributed by atoms with Gasteiger partial charge in [-0.15, -0.1) is 0 Å². The highest BCUT2D eigenvalue weighted by Gasteiger charge is 2.16. The van der Waals surface area contributed by atoms with Gasteiger partial charge in [0, 0.05) is 0 Å². The van der Waals surface area contributed by atoms with Crippen molar-refractivity contribution in [1.82, 2.24) is 10.4 Å². The molecule has 1 heterocycles. The lowest BCUT2D eigenvalue weighted by atomic mass is 10.2. The van der Waals surface area contributed by atoms with Crippen LogP contribution in [0.15, 0.2) is 58.8 Å². The highest BCUT2D eigenvalue weighted by atomic mass is 32.2. The van der Waals surface area contributed by atoms with E-state index in [1.807, 2.05) is 35.9 Å². The summed E-state index contributed by atoms with van der Waals surface area (Å²) in [5.74, 6) is 0.208. The number of thioether (sulfide) groups is 1. The van der Waals surface area contributed by atoms with Crippen molar-refractivity contribution in [2.45, 2.75) is 5.16 Å². The first kappa shape index (κ1) is 16.1. The molecule has 0 aliphatic rings. The van der Waals surface area contributed by atoms with Gasteiger partial charge >= 0.3 is 5.16 Å². The highest BCUT2D eigenvalue weighted by molar-refractivity contribution is 7.99. The van der Waals surface area contributed by atoms with Crippen LogP contribution in [0.1, 0.15) is 5.56 Å². The Hall–Kier alpha value is -2.80. The second-order valence-electron chi connectivity index (χ2n) is 5.18. The van der Waals surface area contributed by atoms with Gasteiger partial charge in [-0.05, 0) is 41.6 Å². The first-order valence-electron chi connectivity index (χ1n) is 7.34. The molecule has 0 unspecified atom stereocenters. The second-order valence-corrected chi connectivity index (χ2v) is 6.15. The fourth-order valence-electron chi connectivity index (χ4n) is 2.26. The minimum Gasteiger partial charge on any atom is -0.508 e. The molecular weight excluding hydrogens is 324 g/mol. The van der Waals surface area contributed by atoms with Crippen molar-refractivity contribution in [3.63, 3.8) is 0 Å². The van der Waals surface area contributed by atoms with Gasteiger partial charge in [-0.3, -0.25) is 4.79 Å². The molecule has 24 heavy (non-hydrogen) atoms. The molecule has 0 bridgehead atoms. The number of hydrazone groups is 1. The number of amides is 1. The molecule has 0 saturated heterocycles. The van der Waals surface area contributed by atoms with Crippen LogP contribution in [0.3, 0.4) is 0 Å². The Balaban J connectivity index is 1.56. The SMILES string of the molecule is C[n+]1c(SCC(=O)NN=Cc2cccc(O)c2)[nH]c2ccccc21. The van der Waals surface area contributed by atoms with Crippen LogP contribution >= 0.6 is 11.8 Å². The molecule has 122 valence electrons. The third-order valence-corrected chi connectivity index (χ3v) is 4.48. The van der Waals surface area contributed by atoms with E-state index < -0.39 is 0 Å². The first-order valence-corrected chi connectivity index (χ1v) is 8.32. The van der Waals surface area contributed by atoms with Gasteiger partial charge in [-0.2, -0.15) is 5.10 Å². The van der Waals surface area contributed by atoms with E-state index in [-0.39, 0.29) is 17.4 Å². The maximum absolute atomic E-state index is 11.9. The number of H-pyrrole nitrogens is 1. The van der Waals surface area contributed by atoms with Gasteiger partial charge < -0.3 is 5.11 Å². The van der Waals surface area contributed by atoms with Crippen molar-refractivity contribution in [1.29, 1.82) is 0 Å². The van der Waals surface area contributed by atoms with Crippen LogP contribution in [0.25, 0.3) is 11.0 Å². The van der Waals surface area contributed by atoms with E-state index in [0.717, 1.165) is 16.2 Å². The number of aryl methyl sites for hydroxylation is 1. The van der Waals surface area contributed by atoms with Crippen LogP contribution in [0.4, 0.5) is 0 Å². The molecule has 1 amide bonds. The average Bonchev–Trinajstić information content (AvgIpc) is 2.90. The largest absolute Gasteiger partial charge is 0.508 e. The first-order chi connectivity index (χ1) is 11.6. The van der Waals surface area contributed by atoms with Crippen LogP contribution in [0.5, 0.6) is 5.75 Å². The molecular formula is C17H17N4O2S+. The van der Waals surface area contributed by atoms with Crippen LogP contribution in [0.2, 0.25) is 0 Å². The van der Waals surface area contributed by atoms with E-state index in [0.29, 0.717) is 5.56 Å². The quantitative estimate of drug-likeness (QED) is 0.287. The molecule has 2 aromatic carbocycles. The number of phenolic OH excluding ortho intramolecular Hbond substituents is 1. The molecule has 0 aliphatic carbocycles. The number of hydrogen-bond acceptors (Lipinski definition) is 4. The Bertz CT molecular complexity index is 904. The Kier molecular flexibility index (Phi) is 4.81. The van der Waals surface area contributed by atoms with Gasteiger partial charge in [-0.1, -0.05) is 24.3 Å². The standard InChI is InChI=1S/C17H16N4O2S/c1-21-15-8-3-2-7-14(15)19-17(21)24-11-16(23)20-18-10-12-5-4-6-13(22)9-12/h2-10H,11H2,1H3,(H2,20,22,23)/p+1. The van der Waals surface area contributed by atoms with Gasteiger partial charge in [0.05, 0.1) is 19.0 Å². The van der Waals surface area contributed by atoms with E-state index in [2.05, 4.69) is 15.5 Å². The number of aromatic hydroxyl groups is 1. The predicted octanol–water partition coefficient (Wildman–Crippen LogP) is 1.94. The van der Waals surface area contributed by atoms with E-state index in [1.165, 1.54) is 18.0 Å². The number of aromatic nitrogens is 2. The molecule has 3 N–H and O–H groups in total. The summed E-state index contributed by atoms with van der Waals surface area (Å²) in [5, 5.41) is 14.2. The predicted molar refractivity (Wildman–Crippen MR) is 94.0 cm³/mol. The smallest absolute Gasteiger partial charge is 0.317 e. The third kappa shape index (κ3) is 3.75. The molecule has 0 radical (unpaired) electrons. The number of carbonyl (C=O) groups is 1. The van der Waals surface area contributed by atoms with E-state index in [4.69, 9.17) is 0 Å². The summed E-state index contributed by atoms with van der Waals surface area (Å²) < 4.78 is 2.02. The Morgan fingerprint density at radius 3 is 2.96 bits per heavy atom. The fraction of sp³-hybridized carbons (Fsp3) is 0.118. The van der Waals surface area contributed by atoms with Gasteiger partial charge in [0.15, 0.2) is 11.0 Å². The molecule has 1 aromatic heterocycles. The van der Waals surface area contributed by atoms with Crippen molar-refractivity contribution in [3.8, 4) is 5.75 Å². The number of fused-ring (bicyclic) bond motifs is 1. The topological polar surface area (TPSA) is 81.4 Å². The van der Waals surface area contributed by atoms with Crippen molar-refractivity contribution in [2.75, 3.05) is 5.75 Å². The zero-order chi connectivity index (χ0) is 16.9. The van der Waals surface area contributed by atoms with Crippen LogP contribution < -0.4 is 9.99 Å². The minimum absolute atomic E-state index is 0.159. The molecule has 0 spiro atoms. The summed E-state index contributed by atoms with van der Waals surface area (Å²) in [6.07, 6.45) is 1.49. The maximum Gasteiger partial charge on any atom is 0.317 e. The maximum atomic E-state index is 11.9. The lowest BCUT2D eigenvalue weighted by molar-refractivity contribution is -0.683. The number of aromatic amines is 1. The number of carbonyl (C=O) groups excluding carboxylic acids is 1. The lowest BCUT2D eigenvalue weighted by Gasteiger charge is -1.98. The van der Waals surface area contributed by atoms with Crippen molar-refractivity contribution < 1.29 is 14.5 Å². The Morgan fingerprint density at radius 2 is 2.17 bits per heavy atom. The summed E-state index contributed by atoms with van der Waals surface area (Å²) in [6.45, 7) is 0. The molecule has 0 aliphatic heterocycles. The summed E-state index contributed by atoms with van der Waals surface area (Å²) in [4.78, 5) is 15.2. The Labute approximate surface area is 143 Å². The fourth-order valence-corrected chi connectivity index (χ4v) is 3.07. The number of rotatable bonds is 5. The lowest BCUT2D eigenvalue weighted by Crippen LogP contribution is -2.30. The van der Waals surface area contributed by atoms with Gasteiger partial charge in [0.1, 0.15) is 5.75 Å². The zero-order valence-electron chi connectivity index (χ0n) is 13.1. The van der Waals surface area contributed by atoms with E-state index in [1.54, 1.807) is 24.3 Å². The average molecular weight is 341 g/mol. The number of para-hydroxylation sites is 2. The number of nitrogens with one attached hydrogen (secondary N) is 2. The minimum atomic E-state index is -0.199. The zero-order valence-corrected chi connectivity index (χ0v) is 13.9. The summed E-state index contributed by atoms with van der Waals surface area (Å²) in [5.41, 5.74) is 5.31. The molecule has 0 atom stereocenters. The van der Waals surface area contributed by atoms with Gasteiger partial charge in [-0.25, -0.2) is 15.0 Å². The van der Waals surface area contributed by atoms with Crippen LogP contribution in [0, 0.1) is 0 Å². The van der Waals surface area contributed by atoms with E-state index in [9.17, 15) is 9.90 Å². The number of phenols is 1. The Morgan fingerprint density at radius 1 is 1.33 bits per heavy atom. The van der Waals surface area contributed by atoms with Crippen molar-refractivity contribution in [3.05, 3.63) is 54.1 Å². The molecule has 0 saturated carbocycles. The number of imidazole rings is 1. The molecule has 3 aromatic rings. The monoisotopic (exact) mass is 341 g/mol. The molecule has 3 rings (SSSR count). The highest BCUT2D eigenvalue weighted by Crippen LogP contribution is 2.16. The number of hydrogen-bond donors (Lipinski definition) is 3. The number of nitrogens with zero attached hydrogens (tertiary/aromatic N) is 2. The summed E-state index contributed by atoms with van der Waals surface area (Å²) in [7, 11) is 1.96. The van der Waals surface area contributed by atoms with Crippen molar-refractivity contribution >= 4 is 34.9 Å². The van der Waals surface area contributed by atoms with E-state index >= 15 is 0 Å². The number of benzene rings is 2. The van der Waals surface area contributed by atoms with Crippen LogP contribution in [-0.2, 0) is 11.8 Å². The normalized spacial score (nSPS) is 11.2. The summed E-state index contributed by atoms with van der Waals surface area (Å²) >= 11 is 1.41. The summed E-state index contributed by atoms with van der Waals surface area (Å²) in [6, 6.07) is 14.6. The van der Waals surface area contributed by atoms with Gasteiger partial charge in [0.25, 0.3) is 5.91 Å². The molecule has 7 heteroatoms. The third-order valence-electron chi connectivity index (χ3n) is 3.42. The molecule has 0 fully saturated rings. The van der Waals surface area contributed by atoms with Gasteiger partial charge in [0.2, 0.25) is 0 Å². The molecule has 6 nitrogen and oxygen atoms in total.